The highest BCUT2D eigenvalue weighted by Crippen LogP contribution is 2.66. The fourth-order valence-corrected chi connectivity index (χ4v) is 5.76. The van der Waals surface area contributed by atoms with E-state index in [4.69, 9.17) is 14.2 Å². The molecule has 1 aliphatic heterocycles. The Kier molecular flexibility index (Phi) is 6.41. The van der Waals surface area contributed by atoms with Gasteiger partial charge in [0.25, 0.3) is 0 Å². The highest BCUT2D eigenvalue weighted by atomic mass is 16.6. The first-order valence-electron chi connectivity index (χ1n) is 11.4. The van der Waals surface area contributed by atoms with E-state index in [9.17, 15) is 14.4 Å². The van der Waals surface area contributed by atoms with E-state index in [1.807, 2.05) is 13.8 Å². The topological polar surface area (TPSA) is 78.9 Å². The number of ether oxygens (including phenoxy) is 3. The normalized spacial score (nSPS) is 37.7. The van der Waals surface area contributed by atoms with Crippen molar-refractivity contribution >= 4 is 17.9 Å². The summed E-state index contributed by atoms with van der Waals surface area (Å²) >= 11 is 0. The van der Waals surface area contributed by atoms with Crippen molar-refractivity contribution < 1.29 is 28.6 Å². The SMILES string of the molecule is C=C1COC(=O)[C@]12C[C@@]1(C)[C@H]([C@@H](OC(=O)/C(C)=C\C)CC[C@@H]1C)[C@H]2OC(=O)CC(C)C. The lowest BCUT2D eigenvalue weighted by Gasteiger charge is -2.46. The number of rotatable bonds is 5. The molecule has 3 aliphatic rings. The first-order chi connectivity index (χ1) is 14.5. The zero-order valence-corrected chi connectivity index (χ0v) is 19.7. The first kappa shape index (κ1) is 23.6. The molecule has 2 aliphatic carbocycles. The summed E-state index contributed by atoms with van der Waals surface area (Å²) in [5.74, 6) is -0.997. The molecule has 1 spiro atoms. The van der Waals surface area contributed by atoms with Crippen molar-refractivity contribution in [1.82, 2.24) is 0 Å². The van der Waals surface area contributed by atoms with Gasteiger partial charge in [0.2, 0.25) is 0 Å². The van der Waals surface area contributed by atoms with Crippen molar-refractivity contribution in [3.63, 3.8) is 0 Å². The molecule has 1 saturated heterocycles. The summed E-state index contributed by atoms with van der Waals surface area (Å²) < 4.78 is 17.4. The second kappa shape index (κ2) is 8.44. The quantitative estimate of drug-likeness (QED) is 0.278. The van der Waals surface area contributed by atoms with Gasteiger partial charge in [0.15, 0.2) is 0 Å². The number of hydrogen-bond acceptors (Lipinski definition) is 6. The fourth-order valence-electron chi connectivity index (χ4n) is 5.76. The summed E-state index contributed by atoms with van der Waals surface area (Å²) in [5.41, 5.74) is -0.254. The second-order valence-electron chi connectivity index (χ2n) is 10.3. The van der Waals surface area contributed by atoms with Crippen molar-refractivity contribution in [2.75, 3.05) is 6.61 Å². The minimum absolute atomic E-state index is 0.131. The van der Waals surface area contributed by atoms with E-state index in [0.717, 1.165) is 6.42 Å². The molecular formula is C25H36O6. The van der Waals surface area contributed by atoms with Crippen LogP contribution in [0.3, 0.4) is 0 Å². The third kappa shape index (κ3) is 3.83. The third-order valence-electron chi connectivity index (χ3n) is 7.86. The lowest BCUT2D eigenvalue weighted by atomic mass is 9.61. The molecule has 0 N–H and O–H groups in total. The molecule has 0 bridgehead atoms. The molecule has 0 aromatic carbocycles. The summed E-state index contributed by atoms with van der Waals surface area (Å²) in [7, 11) is 0. The Bertz CT molecular complexity index is 793. The van der Waals surface area contributed by atoms with Gasteiger partial charge < -0.3 is 14.2 Å². The minimum atomic E-state index is -1.08. The van der Waals surface area contributed by atoms with Crippen molar-refractivity contribution in [2.45, 2.75) is 79.4 Å². The van der Waals surface area contributed by atoms with Gasteiger partial charge in [-0.05, 0) is 55.9 Å². The molecule has 1 heterocycles. The number of esters is 3. The highest BCUT2D eigenvalue weighted by Gasteiger charge is 2.72. The Morgan fingerprint density at radius 2 is 1.97 bits per heavy atom. The molecule has 3 rings (SSSR count). The largest absolute Gasteiger partial charge is 0.460 e. The summed E-state index contributed by atoms with van der Waals surface area (Å²) in [5, 5.41) is 0. The maximum atomic E-state index is 13.1. The van der Waals surface area contributed by atoms with Crippen LogP contribution in [0.1, 0.15) is 67.2 Å². The van der Waals surface area contributed by atoms with Crippen molar-refractivity contribution in [2.24, 2.45) is 28.6 Å². The Morgan fingerprint density at radius 1 is 1.29 bits per heavy atom. The number of carbonyl (C=O) groups excluding carboxylic acids is 3. The van der Waals surface area contributed by atoms with Gasteiger partial charge in [0, 0.05) is 17.9 Å². The number of hydrogen-bond donors (Lipinski definition) is 0. The van der Waals surface area contributed by atoms with Crippen LogP contribution in [0, 0.1) is 28.6 Å². The third-order valence-corrected chi connectivity index (χ3v) is 7.86. The van der Waals surface area contributed by atoms with Gasteiger partial charge in [0.05, 0.1) is 0 Å². The van der Waals surface area contributed by atoms with E-state index in [2.05, 4.69) is 20.4 Å². The van der Waals surface area contributed by atoms with E-state index >= 15 is 0 Å². The average molecular weight is 433 g/mol. The summed E-state index contributed by atoms with van der Waals surface area (Å²) in [6, 6.07) is 0. The smallest absolute Gasteiger partial charge is 0.333 e. The molecule has 0 aromatic rings. The van der Waals surface area contributed by atoms with Crippen molar-refractivity contribution in [3.8, 4) is 0 Å². The monoisotopic (exact) mass is 432 g/mol. The zero-order valence-electron chi connectivity index (χ0n) is 19.7. The van der Waals surface area contributed by atoms with Crippen LogP contribution in [0.2, 0.25) is 0 Å². The van der Waals surface area contributed by atoms with E-state index in [1.54, 1.807) is 19.9 Å². The van der Waals surface area contributed by atoms with Gasteiger partial charge in [-0.25, -0.2) is 4.79 Å². The number of fused-ring (bicyclic) bond motifs is 1. The average Bonchev–Trinajstić information content (AvgIpc) is 3.13. The molecule has 6 heteroatoms. The Labute approximate surface area is 185 Å². The van der Waals surface area contributed by atoms with Gasteiger partial charge in [-0.1, -0.05) is 40.3 Å². The molecule has 0 amide bonds. The predicted octanol–water partition coefficient (Wildman–Crippen LogP) is 4.38. The highest BCUT2D eigenvalue weighted by molar-refractivity contribution is 5.88. The molecule has 3 fully saturated rings. The lowest BCUT2D eigenvalue weighted by molar-refractivity contribution is -0.175. The first-order valence-corrected chi connectivity index (χ1v) is 11.4. The van der Waals surface area contributed by atoms with Crippen molar-refractivity contribution in [3.05, 3.63) is 23.8 Å². The van der Waals surface area contributed by atoms with Gasteiger partial charge in [-0.3, -0.25) is 9.59 Å². The van der Waals surface area contributed by atoms with Gasteiger partial charge in [-0.15, -0.1) is 0 Å². The molecule has 2 saturated carbocycles. The maximum Gasteiger partial charge on any atom is 0.333 e. The number of cyclic esters (lactones) is 1. The van der Waals surface area contributed by atoms with Crippen LogP contribution in [-0.4, -0.2) is 36.7 Å². The van der Waals surface area contributed by atoms with Crippen LogP contribution in [0.4, 0.5) is 0 Å². The van der Waals surface area contributed by atoms with Crippen LogP contribution >= 0.6 is 0 Å². The van der Waals surface area contributed by atoms with E-state index in [1.165, 1.54) is 0 Å². The second-order valence-corrected chi connectivity index (χ2v) is 10.3. The van der Waals surface area contributed by atoms with Crippen LogP contribution < -0.4 is 0 Å². The summed E-state index contributed by atoms with van der Waals surface area (Å²) in [6.07, 6.45) is 2.80. The molecular weight excluding hydrogens is 396 g/mol. The van der Waals surface area contributed by atoms with Crippen LogP contribution in [0.15, 0.2) is 23.8 Å². The Balaban J connectivity index is 2.06. The number of allylic oxidation sites excluding steroid dienone is 1. The molecule has 172 valence electrons. The maximum absolute atomic E-state index is 13.1. The van der Waals surface area contributed by atoms with Crippen LogP contribution in [-0.2, 0) is 28.6 Å². The standard InChI is InChI=1S/C25H36O6/c1-8-15(4)22(27)30-18-10-9-16(5)24(7)13-25(17(6)12-29-23(25)28)21(20(18)24)31-19(26)11-14(2)3/h8,14,16,18,20-21H,6,9-13H2,1-5,7H3/b15-8-/t16-,18-,20+,21+,24+,25+/m0/s1. The van der Waals surface area contributed by atoms with Crippen molar-refractivity contribution in [1.29, 1.82) is 0 Å². The van der Waals surface area contributed by atoms with E-state index in [0.29, 0.717) is 24.0 Å². The molecule has 6 atom stereocenters. The van der Waals surface area contributed by atoms with Gasteiger partial charge in [0.1, 0.15) is 24.2 Å². The van der Waals surface area contributed by atoms with Gasteiger partial charge in [-0.2, -0.15) is 0 Å². The fraction of sp³-hybridized carbons (Fsp3) is 0.720. The molecule has 31 heavy (non-hydrogen) atoms. The molecule has 6 nitrogen and oxygen atoms in total. The zero-order chi connectivity index (χ0) is 23.1. The molecule has 0 radical (unpaired) electrons. The van der Waals surface area contributed by atoms with Gasteiger partial charge >= 0.3 is 17.9 Å². The Morgan fingerprint density at radius 3 is 2.52 bits per heavy atom. The molecule has 0 aromatic heterocycles. The van der Waals surface area contributed by atoms with E-state index < -0.39 is 17.6 Å². The molecule has 0 unspecified atom stereocenters. The summed E-state index contributed by atoms with van der Waals surface area (Å²) in [6.45, 7) is 16.0. The number of carbonyl (C=O) groups is 3. The van der Waals surface area contributed by atoms with E-state index in [-0.39, 0.29) is 54.1 Å². The minimum Gasteiger partial charge on any atom is -0.460 e. The predicted molar refractivity (Wildman–Crippen MR) is 116 cm³/mol. The Hall–Kier alpha value is -2.11. The van der Waals surface area contributed by atoms with Crippen LogP contribution in [0.25, 0.3) is 0 Å². The lowest BCUT2D eigenvalue weighted by Crippen LogP contribution is -2.50. The summed E-state index contributed by atoms with van der Waals surface area (Å²) in [4.78, 5) is 38.5. The van der Waals surface area contributed by atoms with Crippen LogP contribution in [0.5, 0.6) is 0 Å².